The van der Waals surface area contributed by atoms with Crippen LogP contribution >= 0.6 is 27.5 Å². The van der Waals surface area contributed by atoms with E-state index in [1.807, 2.05) is 30.5 Å². The summed E-state index contributed by atoms with van der Waals surface area (Å²) in [6, 6.07) is 7.42. The Hall–Kier alpha value is -1.66. The largest absolute Gasteiger partial charge is 0.439 e. The van der Waals surface area contributed by atoms with Crippen molar-refractivity contribution in [1.29, 1.82) is 0 Å². The fourth-order valence-corrected chi connectivity index (χ4v) is 2.13. The highest BCUT2D eigenvalue weighted by Gasteiger charge is 2.08. The molecule has 0 aliphatic rings. The zero-order valence-corrected chi connectivity index (χ0v) is 12.7. The molecule has 0 amide bonds. The lowest BCUT2D eigenvalue weighted by Gasteiger charge is -1.97. The fraction of sp³-hybridized carbons (Fsp3) is 0.154. The van der Waals surface area contributed by atoms with Crippen molar-refractivity contribution in [1.82, 2.24) is 20.0 Å². The van der Waals surface area contributed by atoms with Crippen LogP contribution in [0, 0.1) is 0 Å². The van der Waals surface area contributed by atoms with Crippen LogP contribution in [0.2, 0.25) is 5.02 Å². The van der Waals surface area contributed by atoms with Gasteiger partial charge in [-0.3, -0.25) is 0 Å². The number of hydrogen-bond donors (Lipinski definition) is 0. The van der Waals surface area contributed by atoms with Crippen LogP contribution in [0.1, 0.15) is 11.6 Å². The predicted octanol–water partition coefficient (Wildman–Crippen LogP) is 3.53. The van der Waals surface area contributed by atoms with E-state index in [0.29, 0.717) is 28.5 Å². The van der Waals surface area contributed by atoms with Gasteiger partial charge in [0, 0.05) is 22.1 Å². The molecule has 0 bridgehead atoms. The molecular formula is C13H10BrClN4O. The number of hydrogen-bond acceptors (Lipinski definition) is 4. The molecule has 0 saturated heterocycles. The Bertz CT molecular complexity index is 707. The Kier molecular flexibility index (Phi) is 3.84. The Morgan fingerprint density at radius 2 is 2.05 bits per heavy atom. The SMILES string of the molecule is Clc1ccc(-c2cnc(Cn3cc(CBr)nn3)o2)cc1. The molecule has 0 fully saturated rings. The molecule has 20 heavy (non-hydrogen) atoms. The first-order valence-electron chi connectivity index (χ1n) is 5.90. The number of benzene rings is 1. The molecule has 7 heteroatoms. The number of rotatable bonds is 4. The molecule has 1 aromatic carbocycles. The molecule has 0 unspecified atom stereocenters. The van der Waals surface area contributed by atoms with Gasteiger partial charge >= 0.3 is 0 Å². The topological polar surface area (TPSA) is 56.7 Å². The summed E-state index contributed by atoms with van der Waals surface area (Å²) < 4.78 is 7.39. The van der Waals surface area contributed by atoms with E-state index in [0.717, 1.165) is 11.3 Å². The molecule has 0 aliphatic heterocycles. The quantitative estimate of drug-likeness (QED) is 0.673. The molecule has 3 aromatic rings. The van der Waals surface area contributed by atoms with Crippen molar-refractivity contribution in [3.05, 3.63) is 53.3 Å². The summed E-state index contributed by atoms with van der Waals surface area (Å²) in [4.78, 5) is 4.25. The standard InChI is InChI=1S/C13H10BrClN4O/c14-5-11-7-19(18-17-11)8-13-16-6-12(20-13)9-1-3-10(15)4-2-9/h1-4,6-7H,5,8H2. The second kappa shape index (κ2) is 5.76. The van der Waals surface area contributed by atoms with Gasteiger partial charge in [0.25, 0.3) is 0 Å². The van der Waals surface area contributed by atoms with Gasteiger partial charge in [-0.1, -0.05) is 32.7 Å². The average molecular weight is 354 g/mol. The van der Waals surface area contributed by atoms with Crippen LogP contribution in [-0.4, -0.2) is 20.0 Å². The summed E-state index contributed by atoms with van der Waals surface area (Å²) >= 11 is 9.19. The molecule has 0 N–H and O–H groups in total. The van der Waals surface area contributed by atoms with E-state index in [9.17, 15) is 0 Å². The molecule has 0 spiro atoms. The van der Waals surface area contributed by atoms with Crippen LogP contribution in [0.15, 0.2) is 41.1 Å². The Morgan fingerprint density at radius 3 is 2.75 bits per heavy atom. The smallest absolute Gasteiger partial charge is 0.216 e. The highest BCUT2D eigenvalue weighted by atomic mass is 79.9. The highest BCUT2D eigenvalue weighted by molar-refractivity contribution is 9.08. The molecule has 0 atom stereocenters. The third kappa shape index (κ3) is 2.91. The molecule has 0 saturated carbocycles. The van der Waals surface area contributed by atoms with Crippen molar-refractivity contribution in [3.63, 3.8) is 0 Å². The number of halogens is 2. The van der Waals surface area contributed by atoms with E-state index >= 15 is 0 Å². The van der Waals surface area contributed by atoms with Crippen molar-refractivity contribution in [2.24, 2.45) is 0 Å². The molecular weight excluding hydrogens is 344 g/mol. The third-order valence-corrected chi connectivity index (χ3v) is 3.53. The maximum Gasteiger partial charge on any atom is 0.216 e. The highest BCUT2D eigenvalue weighted by Crippen LogP contribution is 2.22. The van der Waals surface area contributed by atoms with Crippen LogP contribution in [-0.2, 0) is 11.9 Å². The summed E-state index contributed by atoms with van der Waals surface area (Å²) in [7, 11) is 0. The van der Waals surface area contributed by atoms with Gasteiger partial charge < -0.3 is 4.42 Å². The van der Waals surface area contributed by atoms with Crippen LogP contribution in [0.5, 0.6) is 0 Å². The lowest BCUT2D eigenvalue weighted by atomic mass is 10.2. The third-order valence-electron chi connectivity index (χ3n) is 2.70. The van der Waals surface area contributed by atoms with Gasteiger partial charge in [-0.2, -0.15) is 0 Å². The van der Waals surface area contributed by atoms with Gasteiger partial charge in [-0.15, -0.1) is 5.10 Å². The molecule has 5 nitrogen and oxygen atoms in total. The van der Waals surface area contributed by atoms with Crippen LogP contribution in [0.4, 0.5) is 0 Å². The number of nitrogens with zero attached hydrogens (tertiary/aromatic N) is 4. The fourth-order valence-electron chi connectivity index (χ4n) is 1.75. The first kappa shape index (κ1) is 13.3. The molecule has 0 aliphatic carbocycles. The Labute approximate surface area is 128 Å². The minimum atomic E-state index is 0.452. The van der Waals surface area contributed by atoms with Gasteiger partial charge in [0.15, 0.2) is 5.76 Å². The van der Waals surface area contributed by atoms with E-state index in [1.54, 1.807) is 10.9 Å². The van der Waals surface area contributed by atoms with Crippen molar-refractivity contribution in [3.8, 4) is 11.3 Å². The van der Waals surface area contributed by atoms with Gasteiger partial charge in [-0.25, -0.2) is 9.67 Å². The summed E-state index contributed by atoms with van der Waals surface area (Å²) in [5.74, 6) is 1.29. The van der Waals surface area contributed by atoms with Gasteiger partial charge in [0.05, 0.1) is 11.9 Å². The molecule has 102 valence electrons. The first-order chi connectivity index (χ1) is 9.74. The Balaban J connectivity index is 1.78. The predicted molar refractivity (Wildman–Crippen MR) is 78.7 cm³/mol. The monoisotopic (exact) mass is 352 g/mol. The zero-order valence-electron chi connectivity index (χ0n) is 10.3. The molecule has 2 heterocycles. The van der Waals surface area contributed by atoms with E-state index in [4.69, 9.17) is 16.0 Å². The Morgan fingerprint density at radius 1 is 1.25 bits per heavy atom. The van der Waals surface area contributed by atoms with Crippen LogP contribution in [0.25, 0.3) is 11.3 Å². The van der Waals surface area contributed by atoms with Crippen molar-refractivity contribution in [2.75, 3.05) is 0 Å². The zero-order chi connectivity index (χ0) is 13.9. The maximum absolute atomic E-state index is 5.86. The van der Waals surface area contributed by atoms with E-state index < -0.39 is 0 Å². The number of alkyl halides is 1. The van der Waals surface area contributed by atoms with Crippen molar-refractivity contribution in [2.45, 2.75) is 11.9 Å². The minimum Gasteiger partial charge on any atom is -0.439 e. The van der Waals surface area contributed by atoms with Gasteiger partial charge in [0.2, 0.25) is 5.89 Å². The average Bonchev–Trinajstić information content (AvgIpc) is 3.09. The van der Waals surface area contributed by atoms with Gasteiger partial charge in [-0.05, 0) is 24.3 Å². The van der Waals surface area contributed by atoms with Crippen molar-refractivity contribution < 1.29 is 4.42 Å². The molecule has 0 radical (unpaired) electrons. The second-order valence-electron chi connectivity index (χ2n) is 4.17. The summed E-state index contributed by atoms with van der Waals surface area (Å²) in [6.07, 6.45) is 3.54. The lowest BCUT2D eigenvalue weighted by Crippen LogP contribution is -2.00. The van der Waals surface area contributed by atoms with Crippen molar-refractivity contribution >= 4 is 27.5 Å². The number of aromatic nitrogens is 4. The van der Waals surface area contributed by atoms with E-state index in [2.05, 4.69) is 31.2 Å². The number of oxazole rings is 1. The minimum absolute atomic E-state index is 0.452. The van der Waals surface area contributed by atoms with Gasteiger partial charge in [0.1, 0.15) is 6.54 Å². The molecule has 2 aromatic heterocycles. The van der Waals surface area contributed by atoms with Crippen LogP contribution < -0.4 is 0 Å². The summed E-state index contributed by atoms with van der Waals surface area (Å²) in [5.41, 5.74) is 1.81. The second-order valence-corrected chi connectivity index (χ2v) is 5.16. The first-order valence-corrected chi connectivity index (χ1v) is 7.40. The van der Waals surface area contributed by atoms with Crippen LogP contribution in [0.3, 0.4) is 0 Å². The van der Waals surface area contributed by atoms with E-state index in [-0.39, 0.29) is 0 Å². The summed E-state index contributed by atoms with van der Waals surface area (Å²) in [6.45, 7) is 0.452. The maximum atomic E-state index is 5.86. The summed E-state index contributed by atoms with van der Waals surface area (Å²) in [5, 5.41) is 9.35. The lowest BCUT2D eigenvalue weighted by molar-refractivity contribution is 0.469. The molecule has 3 rings (SSSR count). The van der Waals surface area contributed by atoms with E-state index in [1.165, 1.54) is 0 Å². The normalized spacial score (nSPS) is 10.9.